The van der Waals surface area contributed by atoms with Gasteiger partial charge in [0.25, 0.3) is 0 Å². The van der Waals surface area contributed by atoms with Gasteiger partial charge in [-0.3, -0.25) is 9.89 Å². The maximum Gasteiger partial charge on any atom is 0.191 e. The number of guanidine groups is 1. The van der Waals surface area contributed by atoms with Gasteiger partial charge in [0.05, 0.1) is 0 Å². The van der Waals surface area contributed by atoms with Crippen molar-refractivity contribution in [2.45, 2.75) is 39.2 Å². The molecule has 0 aliphatic carbocycles. The van der Waals surface area contributed by atoms with Gasteiger partial charge in [-0.2, -0.15) is 0 Å². The Labute approximate surface area is 176 Å². The van der Waals surface area contributed by atoms with E-state index in [9.17, 15) is 0 Å². The topological polar surface area (TPSA) is 39.7 Å². The molecule has 1 fully saturated rings. The third-order valence-electron chi connectivity index (χ3n) is 4.80. The molecular weight excluding hydrogens is 435 g/mol. The van der Waals surface area contributed by atoms with Crippen LogP contribution in [0.25, 0.3) is 0 Å². The molecule has 0 radical (unpaired) electrons. The minimum absolute atomic E-state index is 0. The number of nitrogens with zero attached hydrogens (tertiary/aromatic N) is 2. The van der Waals surface area contributed by atoms with Crippen LogP contribution in [0.2, 0.25) is 0 Å². The summed E-state index contributed by atoms with van der Waals surface area (Å²) >= 11 is 0. The van der Waals surface area contributed by atoms with E-state index in [0.29, 0.717) is 6.04 Å². The molecule has 1 aliphatic rings. The normalized spacial score (nSPS) is 16.7. The fraction of sp³-hybridized carbons (Fsp3) is 0.571. The maximum atomic E-state index is 4.41. The molecule has 26 heavy (non-hydrogen) atoms. The summed E-state index contributed by atoms with van der Waals surface area (Å²) in [6.07, 6.45) is 5.35. The van der Waals surface area contributed by atoms with E-state index in [1.165, 1.54) is 5.56 Å². The fourth-order valence-corrected chi connectivity index (χ4v) is 3.36. The van der Waals surface area contributed by atoms with E-state index >= 15 is 0 Å². The first-order chi connectivity index (χ1) is 12.0. The van der Waals surface area contributed by atoms with Crippen LogP contribution in [0.3, 0.4) is 0 Å². The third kappa shape index (κ3) is 8.08. The van der Waals surface area contributed by atoms with Gasteiger partial charge in [-0.05, 0) is 30.2 Å². The molecule has 0 aromatic heterocycles. The Kier molecular flexibility index (Phi) is 10.2. The number of aliphatic imine (C=N–C) groups is 1. The van der Waals surface area contributed by atoms with Crippen LogP contribution in [-0.2, 0) is 6.42 Å². The van der Waals surface area contributed by atoms with Crippen LogP contribution in [0.1, 0.15) is 32.3 Å². The Hall–Kier alpha value is -1.08. The van der Waals surface area contributed by atoms with Crippen LogP contribution in [0.4, 0.5) is 0 Å². The molecule has 1 aromatic rings. The monoisotopic (exact) mass is 470 g/mol. The molecule has 1 heterocycles. The quantitative estimate of drug-likeness (QED) is 0.277. The van der Waals surface area contributed by atoms with Crippen molar-refractivity contribution in [2.24, 2.45) is 10.4 Å². The van der Waals surface area contributed by atoms with Gasteiger partial charge in [0.2, 0.25) is 0 Å². The fourth-order valence-electron chi connectivity index (χ4n) is 3.36. The molecule has 2 rings (SSSR count). The van der Waals surface area contributed by atoms with Crippen LogP contribution < -0.4 is 10.6 Å². The number of rotatable bonds is 7. The summed E-state index contributed by atoms with van der Waals surface area (Å²) in [5.74, 6) is 0.920. The standard InChI is InChI=1S/C21H34N4.HI/c1-5-13-25-14-11-19(12-15-25)24-20(22-4)23-17-21(2,3)16-18-9-7-6-8-10-18;/h5-10,19H,1,11-17H2,2-4H3,(H2,22,23,24);1H. The molecule has 1 aliphatic heterocycles. The first kappa shape index (κ1) is 23.0. The number of likely N-dealkylation sites (tertiary alicyclic amines) is 1. The number of hydrogen-bond donors (Lipinski definition) is 2. The molecule has 0 bridgehead atoms. The highest BCUT2D eigenvalue weighted by Crippen LogP contribution is 2.20. The molecule has 0 unspecified atom stereocenters. The summed E-state index contributed by atoms with van der Waals surface area (Å²) in [5.41, 5.74) is 1.55. The summed E-state index contributed by atoms with van der Waals surface area (Å²) in [6, 6.07) is 11.2. The van der Waals surface area contributed by atoms with Gasteiger partial charge >= 0.3 is 0 Å². The van der Waals surface area contributed by atoms with Crippen molar-refractivity contribution < 1.29 is 0 Å². The number of piperidine rings is 1. The van der Waals surface area contributed by atoms with Gasteiger partial charge in [-0.15, -0.1) is 30.6 Å². The molecule has 4 nitrogen and oxygen atoms in total. The Balaban J connectivity index is 0.00000338. The van der Waals surface area contributed by atoms with Crippen molar-refractivity contribution in [3.63, 3.8) is 0 Å². The number of nitrogens with one attached hydrogen (secondary N) is 2. The highest BCUT2D eigenvalue weighted by molar-refractivity contribution is 14.0. The second-order valence-corrected chi connectivity index (χ2v) is 7.76. The number of halogens is 1. The molecule has 0 saturated carbocycles. The van der Waals surface area contributed by atoms with E-state index in [0.717, 1.165) is 51.4 Å². The van der Waals surface area contributed by atoms with Crippen molar-refractivity contribution in [3.8, 4) is 0 Å². The molecule has 1 saturated heterocycles. The second-order valence-electron chi connectivity index (χ2n) is 7.76. The molecule has 2 N–H and O–H groups in total. The molecule has 5 heteroatoms. The first-order valence-electron chi connectivity index (χ1n) is 9.37. The lowest BCUT2D eigenvalue weighted by molar-refractivity contribution is 0.224. The Morgan fingerprint density at radius 3 is 2.50 bits per heavy atom. The molecule has 0 atom stereocenters. The van der Waals surface area contributed by atoms with Crippen LogP contribution in [-0.4, -0.2) is 50.1 Å². The largest absolute Gasteiger partial charge is 0.356 e. The zero-order chi connectivity index (χ0) is 18.1. The van der Waals surface area contributed by atoms with Crippen LogP contribution in [0, 0.1) is 5.41 Å². The van der Waals surface area contributed by atoms with E-state index in [2.05, 4.69) is 71.3 Å². The van der Waals surface area contributed by atoms with Crippen molar-refractivity contribution >= 4 is 29.9 Å². The second kappa shape index (κ2) is 11.6. The lowest BCUT2D eigenvalue weighted by Crippen LogP contribution is -2.50. The summed E-state index contributed by atoms with van der Waals surface area (Å²) in [6.45, 7) is 12.6. The predicted octanol–water partition coefficient (Wildman–Crippen LogP) is 3.69. The minimum atomic E-state index is 0. The summed E-state index contributed by atoms with van der Waals surface area (Å²) in [5, 5.41) is 7.11. The summed E-state index contributed by atoms with van der Waals surface area (Å²) in [4.78, 5) is 6.86. The van der Waals surface area contributed by atoms with Gasteiger partial charge in [0.15, 0.2) is 5.96 Å². The van der Waals surface area contributed by atoms with Gasteiger partial charge in [0, 0.05) is 39.3 Å². The molecular formula is C21H35IN4. The van der Waals surface area contributed by atoms with Crippen molar-refractivity contribution in [2.75, 3.05) is 33.2 Å². The van der Waals surface area contributed by atoms with E-state index in [1.807, 2.05) is 13.1 Å². The number of hydrogen-bond acceptors (Lipinski definition) is 2. The van der Waals surface area contributed by atoms with E-state index in [-0.39, 0.29) is 29.4 Å². The smallest absolute Gasteiger partial charge is 0.191 e. The van der Waals surface area contributed by atoms with Gasteiger partial charge < -0.3 is 10.6 Å². The lowest BCUT2D eigenvalue weighted by Gasteiger charge is -2.33. The lowest BCUT2D eigenvalue weighted by atomic mass is 9.86. The van der Waals surface area contributed by atoms with E-state index < -0.39 is 0 Å². The van der Waals surface area contributed by atoms with Gasteiger partial charge in [-0.1, -0.05) is 50.3 Å². The minimum Gasteiger partial charge on any atom is -0.356 e. The van der Waals surface area contributed by atoms with Crippen molar-refractivity contribution in [1.29, 1.82) is 0 Å². The SMILES string of the molecule is C=CCN1CCC(NC(=NC)NCC(C)(C)Cc2ccccc2)CC1.I. The van der Waals surface area contributed by atoms with Crippen molar-refractivity contribution in [1.82, 2.24) is 15.5 Å². The molecule has 0 spiro atoms. The van der Waals surface area contributed by atoms with E-state index in [4.69, 9.17) is 0 Å². The number of benzene rings is 1. The first-order valence-corrected chi connectivity index (χ1v) is 9.37. The van der Waals surface area contributed by atoms with E-state index in [1.54, 1.807) is 0 Å². The Morgan fingerprint density at radius 1 is 1.27 bits per heavy atom. The summed E-state index contributed by atoms with van der Waals surface area (Å²) in [7, 11) is 1.85. The van der Waals surface area contributed by atoms with Crippen LogP contribution in [0.15, 0.2) is 48.0 Å². The van der Waals surface area contributed by atoms with Crippen LogP contribution >= 0.6 is 24.0 Å². The Bertz CT molecular complexity index is 548. The van der Waals surface area contributed by atoms with Crippen molar-refractivity contribution in [3.05, 3.63) is 48.6 Å². The summed E-state index contributed by atoms with van der Waals surface area (Å²) < 4.78 is 0. The van der Waals surface area contributed by atoms with Crippen LogP contribution in [0.5, 0.6) is 0 Å². The maximum absolute atomic E-state index is 4.41. The molecule has 0 amide bonds. The average Bonchev–Trinajstić information content (AvgIpc) is 2.61. The highest BCUT2D eigenvalue weighted by atomic mass is 127. The zero-order valence-electron chi connectivity index (χ0n) is 16.5. The predicted molar refractivity (Wildman–Crippen MR) is 123 cm³/mol. The molecule has 1 aromatic carbocycles. The zero-order valence-corrected chi connectivity index (χ0v) is 18.8. The third-order valence-corrected chi connectivity index (χ3v) is 4.80. The van der Waals surface area contributed by atoms with Gasteiger partial charge in [0.1, 0.15) is 0 Å². The average molecular weight is 470 g/mol. The van der Waals surface area contributed by atoms with Gasteiger partial charge in [-0.25, -0.2) is 0 Å². The highest BCUT2D eigenvalue weighted by Gasteiger charge is 2.21. The Morgan fingerprint density at radius 2 is 1.92 bits per heavy atom. The molecule has 146 valence electrons.